The summed E-state index contributed by atoms with van der Waals surface area (Å²) in [5, 5.41) is 2.53. The Bertz CT molecular complexity index is 1060. The maximum atomic E-state index is 12.9. The molecule has 0 aliphatic carbocycles. The van der Waals surface area contributed by atoms with Gasteiger partial charge in [-0.05, 0) is 12.5 Å². The monoisotopic (exact) mass is 440 g/mol. The Morgan fingerprint density at radius 3 is 2.41 bits per heavy atom. The van der Waals surface area contributed by atoms with Crippen molar-refractivity contribution in [2.24, 2.45) is 0 Å². The maximum absolute atomic E-state index is 12.9. The number of urea groups is 1. The second-order valence-electron chi connectivity index (χ2n) is 6.59. The SMILES string of the molecule is Cc1c(CN2CCNC2=O)sc2c1c(=O)n(CC(F)F)c(=O)n2CCC(F)(F)F. The predicted octanol–water partition coefficient (Wildman–Crippen LogP) is 2.28. The molecular weight excluding hydrogens is 423 g/mol. The van der Waals surface area contributed by atoms with Crippen LogP contribution in [0.1, 0.15) is 16.9 Å². The number of nitrogens with zero attached hydrogens (tertiary/aromatic N) is 3. The van der Waals surface area contributed by atoms with Crippen LogP contribution in [0.4, 0.5) is 26.7 Å². The highest BCUT2D eigenvalue weighted by atomic mass is 32.1. The maximum Gasteiger partial charge on any atom is 0.390 e. The summed E-state index contributed by atoms with van der Waals surface area (Å²) in [6.07, 6.45) is -8.95. The van der Waals surface area contributed by atoms with Crippen LogP contribution in [0.3, 0.4) is 0 Å². The normalized spacial score (nSPS) is 15.0. The van der Waals surface area contributed by atoms with Gasteiger partial charge in [0, 0.05) is 24.5 Å². The lowest BCUT2D eigenvalue weighted by atomic mass is 10.2. The van der Waals surface area contributed by atoms with Crippen LogP contribution in [-0.4, -0.2) is 45.8 Å². The molecule has 2 amide bonds. The van der Waals surface area contributed by atoms with E-state index < -0.39 is 43.4 Å². The number of halogens is 5. The molecule has 0 spiro atoms. The summed E-state index contributed by atoms with van der Waals surface area (Å²) >= 11 is 0.919. The molecular formula is C16H17F5N4O3S. The summed E-state index contributed by atoms with van der Waals surface area (Å²) in [4.78, 5) is 38.9. The van der Waals surface area contributed by atoms with E-state index in [0.717, 1.165) is 15.9 Å². The number of rotatable bonds is 6. The Morgan fingerprint density at radius 1 is 1.17 bits per heavy atom. The molecule has 1 N–H and O–H groups in total. The highest BCUT2D eigenvalue weighted by molar-refractivity contribution is 7.18. The molecule has 0 radical (unpaired) electrons. The molecule has 0 aromatic carbocycles. The number of hydrogen-bond donors (Lipinski definition) is 1. The summed E-state index contributed by atoms with van der Waals surface area (Å²) in [6.45, 7) is 0.446. The lowest BCUT2D eigenvalue weighted by Crippen LogP contribution is -2.41. The zero-order chi connectivity index (χ0) is 21.5. The number of alkyl halides is 5. The van der Waals surface area contributed by atoms with Crippen molar-refractivity contribution in [1.82, 2.24) is 19.4 Å². The van der Waals surface area contributed by atoms with Gasteiger partial charge in [0.1, 0.15) is 4.83 Å². The van der Waals surface area contributed by atoms with E-state index >= 15 is 0 Å². The first-order valence-electron chi connectivity index (χ1n) is 8.63. The molecule has 7 nitrogen and oxygen atoms in total. The predicted molar refractivity (Wildman–Crippen MR) is 95.6 cm³/mol. The molecule has 160 valence electrons. The van der Waals surface area contributed by atoms with Crippen LogP contribution in [-0.2, 0) is 19.6 Å². The second kappa shape index (κ2) is 7.76. The summed E-state index contributed by atoms with van der Waals surface area (Å²) in [5.74, 6) is 0. The number of thiophene rings is 1. The fourth-order valence-corrected chi connectivity index (χ4v) is 4.49. The molecule has 13 heteroatoms. The quantitative estimate of drug-likeness (QED) is 0.701. The fourth-order valence-electron chi connectivity index (χ4n) is 3.16. The van der Waals surface area contributed by atoms with Gasteiger partial charge in [0.2, 0.25) is 0 Å². The summed E-state index contributed by atoms with van der Waals surface area (Å²) in [7, 11) is 0. The van der Waals surface area contributed by atoms with Crippen molar-refractivity contribution in [2.75, 3.05) is 13.1 Å². The molecule has 3 heterocycles. The van der Waals surface area contributed by atoms with Gasteiger partial charge in [0.15, 0.2) is 0 Å². The molecule has 1 saturated heterocycles. The highest BCUT2D eigenvalue weighted by Crippen LogP contribution is 2.30. The van der Waals surface area contributed by atoms with Crippen molar-refractivity contribution >= 4 is 27.6 Å². The molecule has 1 aliphatic rings. The Morgan fingerprint density at radius 2 is 1.86 bits per heavy atom. The Kier molecular flexibility index (Phi) is 5.70. The third-order valence-corrected chi connectivity index (χ3v) is 5.91. The Balaban J connectivity index is 2.17. The first-order valence-corrected chi connectivity index (χ1v) is 9.44. The van der Waals surface area contributed by atoms with Gasteiger partial charge >= 0.3 is 17.9 Å². The van der Waals surface area contributed by atoms with Crippen molar-refractivity contribution < 1.29 is 26.7 Å². The van der Waals surface area contributed by atoms with Crippen LogP contribution in [0.25, 0.3) is 10.2 Å². The van der Waals surface area contributed by atoms with Crippen LogP contribution >= 0.6 is 11.3 Å². The van der Waals surface area contributed by atoms with Gasteiger partial charge in [-0.3, -0.25) is 13.9 Å². The summed E-state index contributed by atoms with van der Waals surface area (Å²) < 4.78 is 64.9. The fraction of sp³-hybridized carbons (Fsp3) is 0.562. The van der Waals surface area contributed by atoms with E-state index in [4.69, 9.17) is 0 Å². The summed E-state index contributed by atoms with van der Waals surface area (Å²) in [6, 6.07) is -0.327. The molecule has 3 rings (SSSR count). The molecule has 0 bridgehead atoms. The Labute approximate surface area is 164 Å². The number of fused-ring (bicyclic) bond motifs is 1. The number of hydrogen-bond acceptors (Lipinski definition) is 4. The van der Waals surface area contributed by atoms with Gasteiger partial charge in [-0.15, -0.1) is 11.3 Å². The van der Waals surface area contributed by atoms with Gasteiger partial charge in [0.05, 0.1) is 24.9 Å². The second-order valence-corrected chi connectivity index (χ2v) is 7.67. The van der Waals surface area contributed by atoms with Crippen molar-refractivity contribution in [3.05, 3.63) is 31.3 Å². The molecule has 29 heavy (non-hydrogen) atoms. The summed E-state index contributed by atoms with van der Waals surface area (Å²) in [5.41, 5.74) is -1.82. The first kappa shape index (κ1) is 21.3. The van der Waals surface area contributed by atoms with Crippen molar-refractivity contribution in [3.8, 4) is 0 Å². The number of nitrogens with one attached hydrogen (secondary N) is 1. The largest absolute Gasteiger partial charge is 0.390 e. The van der Waals surface area contributed by atoms with Crippen LogP contribution in [0.5, 0.6) is 0 Å². The lowest BCUT2D eigenvalue weighted by Gasteiger charge is -2.13. The molecule has 0 unspecified atom stereocenters. The van der Waals surface area contributed by atoms with Gasteiger partial charge in [0.25, 0.3) is 12.0 Å². The minimum atomic E-state index is -4.57. The topological polar surface area (TPSA) is 76.3 Å². The van der Waals surface area contributed by atoms with E-state index in [-0.39, 0.29) is 27.4 Å². The van der Waals surface area contributed by atoms with Gasteiger partial charge in [-0.25, -0.2) is 18.4 Å². The average molecular weight is 440 g/mol. The van der Waals surface area contributed by atoms with Crippen molar-refractivity contribution in [3.63, 3.8) is 0 Å². The van der Waals surface area contributed by atoms with E-state index in [2.05, 4.69) is 5.32 Å². The van der Waals surface area contributed by atoms with Crippen LogP contribution in [0.2, 0.25) is 0 Å². The standard InChI is InChI=1S/C16H17F5N4O3S/c1-8-9(6-23-5-3-22-14(23)27)29-13-11(8)12(26)25(7-10(17)18)15(28)24(13)4-2-16(19,20)21/h10H,2-7H2,1H3,(H,22,27). The lowest BCUT2D eigenvalue weighted by molar-refractivity contribution is -0.136. The zero-order valence-electron chi connectivity index (χ0n) is 15.2. The van der Waals surface area contributed by atoms with E-state index in [1.165, 1.54) is 11.8 Å². The zero-order valence-corrected chi connectivity index (χ0v) is 16.0. The minimum Gasteiger partial charge on any atom is -0.336 e. The van der Waals surface area contributed by atoms with Crippen molar-refractivity contribution in [2.45, 2.75) is 45.6 Å². The van der Waals surface area contributed by atoms with E-state index in [1.807, 2.05) is 0 Å². The molecule has 1 fully saturated rings. The molecule has 0 saturated carbocycles. The molecule has 2 aromatic heterocycles. The third-order valence-electron chi connectivity index (χ3n) is 4.61. The first-order chi connectivity index (χ1) is 13.5. The van der Waals surface area contributed by atoms with Gasteiger partial charge < -0.3 is 10.2 Å². The number of carbonyl (C=O) groups is 1. The molecule has 2 aromatic rings. The average Bonchev–Trinajstić information content (AvgIpc) is 3.15. The van der Waals surface area contributed by atoms with Gasteiger partial charge in [-0.2, -0.15) is 13.2 Å². The van der Waals surface area contributed by atoms with Crippen LogP contribution < -0.4 is 16.6 Å². The van der Waals surface area contributed by atoms with Crippen molar-refractivity contribution in [1.29, 1.82) is 0 Å². The highest BCUT2D eigenvalue weighted by Gasteiger charge is 2.29. The third kappa shape index (κ3) is 4.28. The van der Waals surface area contributed by atoms with E-state index in [9.17, 15) is 36.3 Å². The number of aromatic nitrogens is 2. The molecule has 1 aliphatic heterocycles. The van der Waals surface area contributed by atoms with Crippen LogP contribution in [0.15, 0.2) is 9.59 Å². The number of carbonyl (C=O) groups excluding carboxylic acids is 1. The Hall–Kier alpha value is -2.44. The van der Waals surface area contributed by atoms with Crippen LogP contribution in [0, 0.1) is 6.92 Å². The van der Waals surface area contributed by atoms with E-state index in [0.29, 0.717) is 23.5 Å². The smallest absolute Gasteiger partial charge is 0.336 e. The van der Waals surface area contributed by atoms with E-state index in [1.54, 1.807) is 0 Å². The minimum absolute atomic E-state index is 0.0122. The molecule has 0 atom stereocenters. The van der Waals surface area contributed by atoms with Gasteiger partial charge in [-0.1, -0.05) is 0 Å². The number of amides is 2. The number of aryl methyl sites for hydroxylation is 2.